The molecule has 26 heavy (non-hydrogen) atoms. The summed E-state index contributed by atoms with van der Waals surface area (Å²) in [6.45, 7) is 0. The molecule has 0 atom stereocenters. The maximum absolute atomic E-state index is 11.7. The highest BCUT2D eigenvalue weighted by molar-refractivity contribution is 7.98. The molecule has 3 N–H and O–H groups in total. The van der Waals surface area contributed by atoms with Crippen molar-refractivity contribution in [2.24, 2.45) is 5.73 Å². The number of carbonyl (C=O) groups excluding carboxylic acids is 1. The second kappa shape index (κ2) is 8.03. The van der Waals surface area contributed by atoms with Gasteiger partial charge in [-0.1, -0.05) is 41.6 Å². The number of hydrogen-bond donors (Lipinski definition) is 2. The van der Waals surface area contributed by atoms with E-state index in [2.05, 4.69) is 20.3 Å². The lowest BCUT2D eigenvalue weighted by Gasteiger charge is -2.11. The number of thioether (sulfide) groups is 1. The van der Waals surface area contributed by atoms with E-state index in [1.807, 2.05) is 30.3 Å². The first-order chi connectivity index (χ1) is 12.6. The van der Waals surface area contributed by atoms with Crippen LogP contribution in [-0.4, -0.2) is 27.1 Å². The Kier molecular flexibility index (Phi) is 5.55. The lowest BCUT2D eigenvalue weighted by Crippen LogP contribution is -2.16. The van der Waals surface area contributed by atoms with Crippen LogP contribution in [-0.2, 0) is 0 Å². The van der Waals surface area contributed by atoms with Crippen molar-refractivity contribution in [3.05, 3.63) is 59.4 Å². The third-order valence-corrected chi connectivity index (χ3v) is 4.06. The molecule has 0 aliphatic rings. The van der Waals surface area contributed by atoms with Crippen LogP contribution in [0, 0.1) is 0 Å². The molecule has 9 heteroatoms. The summed E-state index contributed by atoms with van der Waals surface area (Å²) in [6, 6.07) is 12.7. The molecule has 0 unspecified atom stereocenters. The van der Waals surface area contributed by atoms with Gasteiger partial charge in [0.2, 0.25) is 5.88 Å². The number of rotatable bonds is 6. The summed E-state index contributed by atoms with van der Waals surface area (Å²) >= 11 is 7.35. The smallest absolute Gasteiger partial charge is 0.255 e. The van der Waals surface area contributed by atoms with Crippen molar-refractivity contribution in [1.82, 2.24) is 15.0 Å². The highest BCUT2D eigenvalue weighted by Gasteiger charge is 2.18. The molecule has 1 amide bonds. The Bertz CT molecular complexity index is 922. The Morgan fingerprint density at radius 3 is 2.58 bits per heavy atom. The Morgan fingerprint density at radius 2 is 1.96 bits per heavy atom. The molecule has 7 nitrogen and oxygen atoms in total. The molecule has 3 rings (SSSR count). The van der Waals surface area contributed by atoms with Crippen LogP contribution < -0.4 is 15.8 Å². The Balaban J connectivity index is 1.83. The third kappa shape index (κ3) is 4.22. The summed E-state index contributed by atoms with van der Waals surface area (Å²) in [5.41, 5.74) is 6.00. The molecule has 0 saturated carbocycles. The van der Waals surface area contributed by atoms with Gasteiger partial charge in [0.15, 0.2) is 5.16 Å². The van der Waals surface area contributed by atoms with Crippen molar-refractivity contribution in [2.45, 2.75) is 5.16 Å². The second-order valence-corrected chi connectivity index (χ2v) is 6.15. The second-order valence-electron chi connectivity index (χ2n) is 5.01. The number of nitrogens with zero attached hydrogens (tertiary/aromatic N) is 3. The minimum atomic E-state index is -0.720. The van der Waals surface area contributed by atoms with Crippen molar-refractivity contribution in [3.63, 3.8) is 0 Å². The lowest BCUT2D eigenvalue weighted by molar-refractivity contribution is 0.100. The average Bonchev–Trinajstić information content (AvgIpc) is 2.63. The predicted molar refractivity (Wildman–Crippen MR) is 101 cm³/mol. The van der Waals surface area contributed by atoms with E-state index in [1.165, 1.54) is 11.8 Å². The van der Waals surface area contributed by atoms with Crippen LogP contribution in [0.2, 0.25) is 5.15 Å². The zero-order valence-electron chi connectivity index (χ0n) is 13.6. The normalized spacial score (nSPS) is 10.4. The van der Waals surface area contributed by atoms with Gasteiger partial charge < -0.3 is 15.8 Å². The minimum Gasteiger partial charge on any atom is -0.439 e. The molecule has 0 aliphatic heterocycles. The highest BCUT2D eigenvalue weighted by atomic mass is 35.5. The first-order valence-electron chi connectivity index (χ1n) is 7.44. The van der Waals surface area contributed by atoms with Gasteiger partial charge in [-0.15, -0.1) is 0 Å². The van der Waals surface area contributed by atoms with Crippen LogP contribution >= 0.6 is 23.4 Å². The van der Waals surface area contributed by atoms with Gasteiger partial charge in [-0.3, -0.25) is 4.79 Å². The number of pyridine rings is 1. The molecule has 1 aromatic carbocycles. The molecule has 0 bridgehead atoms. The van der Waals surface area contributed by atoms with Crippen molar-refractivity contribution >= 4 is 40.8 Å². The summed E-state index contributed by atoms with van der Waals surface area (Å²) in [6.07, 6.45) is 3.36. The zero-order chi connectivity index (χ0) is 18.5. The van der Waals surface area contributed by atoms with Gasteiger partial charge >= 0.3 is 0 Å². The molecule has 0 saturated heterocycles. The van der Waals surface area contributed by atoms with E-state index in [1.54, 1.807) is 24.6 Å². The number of halogens is 1. The first kappa shape index (κ1) is 18.0. The molecule has 0 fully saturated rings. The molecule has 0 radical (unpaired) electrons. The zero-order valence-corrected chi connectivity index (χ0v) is 15.2. The maximum atomic E-state index is 11.7. The number of nitrogens with one attached hydrogen (secondary N) is 1. The fourth-order valence-corrected chi connectivity index (χ4v) is 2.75. The number of ether oxygens (including phenoxy) is 1. The maximum Gasteiger partial charge on any atom is 0.255 e. The monoisotopic (exact) mass is 387 g/mol. The van der Waals surface area contributed by atoms with Crippen LogP contribution in [0.5, 0.6) is 11.6 Å². The van der Waals surface area contributed by atoms with E-state index in [-0.39, 0.29) is 16.5 Å². The van der Waals surface area contributed by atoms with Gasteiger partial charge in [0, 0.05) is 6.07 Å². The Hall–Kier alpha value is -2.84. The largest absolute Gasteiger partial charge is 0.439 e. The summed E-state index contributed by atoms with van der Waals surface area (Å²) in [7, 11) is 0. The van der Waals surface area contributed by atoms with Gasteiger partial charge in [0.05, 0.1) is 11.9 Å². The predicted octanol–water partition coefficient (Wildman–Crippen LogP) is 3.88. The van der Waals surface area contributed by atoms with Crippen molar-refractivity contribution in [1.29, 1.82) is 0 Å². The molecule has 0 spiro atoms. The summed E-state index contributed by atoms with van der Waals surface area (Å²) < 4.78 is 5.64. The SMILES string of the molecule is CSc1nc(Cl)c(C(N)=O)c(Nc2ccc(Oc3ccccc3)nc2)n1. The van der Waals surface area contributed by atoms with Crippen molar-refractivity contribution in [2.75, 3.05) is 11.6 Å². The first-order valence-corrected chi connectivity index (χ1v) is 9.04. The van der Waals surface area contributed by atoms with Crippen LogP contribution in [0.15, 0.2) is 53.8 Å². The lowest BCUT2D eigenvalue weighted by atomic mass is 10.3. The number of para-hydroxylation sites is 1. The van der Waals surface area contributed by atoms with Crippen LogP contribution in [0.4, 0.5) is 11.5 Å². The number of benzene rings is 1. The standard InChI is InChI=1S/C17H14ClN5O2S/c1-26-17-22-14(18)13(15(19)24)16(23-17)21-10-7-8-12(20-9-10)25-11-5-3-2-4-6-11/h2-9H,1H3,(H2,19,24)(H,21,22,23). The number of primary amides is 1. The fraction of sp³-hybridized carbons (Fsp3) is 0.0588. The minimum absolute atomic E-state index is 0.00339. The third-order valence-electron chi connectivity index (χ3n) is 3.24. The molecule has 2 heterocycles. The number of anilines is 2. The number of hydrogen-bond acceptors (Lipinski definition) is 7. The van der Waals surface area contributed by atoms with Crippen molar-refractivity contribution in [3.8, 4) is 11.6 Å². The molecular weight excluding hydrogens is 374 g/mol. The van der Waals surface area contributed by atoms with Crippen LogP contribution in [0.25, 0.3) is 0 Å². The topological polar surface area (TPSA) is 103 Å². The number of nitrogens with two attached hydrogens (primary N) is 1. The summed E-state index contributed by atoms with van der Waals surface area (Å²) in [5, 5.41) is 3.41. The van der Waals surface area contributed by atoms with E-state index in [9.17, 15) is 4.79 Å². The van der Waals surface area contributed by atoms with Crippen LogP contribution in [0.1, 0.15) is 10.4 Å². The number of aromatic nitrogens is 3. The molecule has 2 aromatic heterocycles. The van der Waals surface area contributed by atoms with Crippen LogP contribution in [0.3, 0.4) is 0 Å². The number of carbonyl (C=O) groups is 1. The van der Waals surface area contributed by atoms with Gasteiger partial charge in [-0.2, -0.15) is 0 Å². The van der Waals surface area contributed by atoms with E-state index in [0.717, 1.165) is 0 Å². The van der Waals surface area contributed by atoms with Gasteiger partial charge in [0.1, 0.15) is 22.3 Å². The van der Waals surface area contributed by atoms with Crippen molar-refractivity contribution < 1.29 is 9.53 Å². The van der Waals surface area contributed by atoms with Gasteiger partial charge in [-0.05, 0) is 24.5 Å². The van der Waals surface area contributed by atoms with E-state index in [4.69, 9.17) is 22.1 Å². The Morgan fingerprint density at radius 1 is 1.19 bits per heavy atom. The van der Waals surface area contributed by atoms with E-state index < -0.39 is 5.91 Å². The summed E-state index contributed by atoms with van der Waals surface area (Å²) in [5.74, 6) is 0.619. The quantitative estimate of drug-likeness (QED) is 0.375. The Labute approximate surface area is 159 Å². The highest BCUT2D eigenvalue weighted by Crippen LogP contribution is 2.27. The molecule has 132 valence electrons. The fourth-order valence-electron chi connectivity index (χ4n) is 2.07. The average molecular weight is 388 g/mol. The molecular formula is C17H14ClN5O2S. The van der Waals surface area contributed by atoms with Gasteiger partial charge in [0.25, 0.3) is 5.91 Å². The molecule has 0 aliphatic carbocycles. The molecule has 3 aromatic rings. The summed E-state index contributed by atoms with van der Waals surface area (Å²) in [4.78, 5) is 24.2. The van der Waals surface area contributed by atoms with E-state index in [0.29, 0.717) is 22.5 Å². The number of amides is 1. The van der Waals surface area contributed by atoms with Gasteiger partial charge in [-0.25, -0.2) is 15.0 Å². The van der Waals surface area contributed by atoms with E-state index >= 15 is 0 Å².